The Morgan fingerprint density at radius 2 is 1.81 bits per heavy atom. The molecule has 1 saturated carbocycles. The van der Waals surface area contributed by atoms with Gasteiger partial charge in [0.05, 0.1) is 5.25 Å². The molecule has 16 heavy (non-hydrogen) atoms. The van der Waals surface area contributed by atoms with Gasteiger partial charge in [-0.1, -0.05) is 6.42 Å². The Labute approximate surface area is 94.5 Å². The fourth-order valence-corrected chi connectivity index (χ4v) is 4.91. The zero-order valence-electron chi connectivity index (χ0n) is 9.15. The summed E-state index contributed by atoms with van der Waals surface area (Å²) in [6, 6.07) is 0. The van der Waals surface area contributed by atoms with Crippen LogP contribution in [0.3, 0.4) is 0 Å². The lowest BCUT2D eigenvalue weighted by atomic mass is 9.76. The van der Waals surface area contributed by atoms with Gasteiger partial charge in [0.15, 0.2) is 9.84 Å². The van der Waals surface area contributed by atoms with Crippen LogP contribution in [0.5, 0.6) is 0 Å². The van der Waals surface area contributed by atoms with Crippen molar-refractivity contribution in [2.75, 3.05) is 6.26 Å². The minimum Gasteiger partial charge on any atom is -0.296 e. The Balaban J connectivity index is 2.36. The van der Waals surface area contributed by atoms with Gasteiger partial charge in [-0.15, -0.1) is 0 Å². The molecule has 1 saturated heterocycles. The summed E-state index contributed by atoms with van der Waals surface area (Å²) in [5.41, 5.74) is -0.632. The molecule has 1 unspecified atom stereocenters. The van der Waals surface area contributed by atoms with Crippen molar-refractivity contribution in [3.05, 3.63) is 0 Å². The van der Waals surface area contributed by atoms with Gasteiger partial charge in [0.2, 0.25) is 11.8 Å². The van der Waals surface area contributed by atoms with Crippen molar-refractivity contribution >= 4 is 21.7 Å². The second kappa shape index (κ2) is 3.55. The lowest BCUT2D eigenvalue weighted by Gasteiger charge is -2.36. The van der Waals surface area contributed by atoms with E-state index in [-0.39, 0.29) is 24.7 Å². The Morgan fingerprint density at radius 1 is 1.25 bits per heavy atom. The molecule has 1 aliphatic heterocycles. The Hall–Kier alpha value is -0.910. The maximum Gasteiger partial charge on any atom is 0.227 e. The molecule has 0 bridgehead atoms. The van der Waals surface area contributed by atoms with Crippen LogP contribution in [0.4, 0.5) is 0 Å². The predicted molar refractivity (Wildman–Crippen MR) is 57.3 cm³/mol. The number of nitrogens with one attached hydrogen (secondary N) is 1. The molecule has 2 rings (SSSR count). The third-order valence-electron chi connectivity index (χ3n) is 3.64. The van der Waals surface area contributed by atoms with Gasteiger partial charge in [-0.3, -0.25) is 14.9 Å². The van der Waals surface area contributed by atoms with Crippen LogP contribution < -0.4 is 5.32 Å². The Morgan fingerprint density at radius 3 is 2.31 bits per heavy atom. The molecule has 5 nitrogen and oxygen atoms in total. The molecule has 0 aromatic heterocycles. The lowest BCUT2D eigenvalue weighted by Crippen LogP contribution is -2.49. The second-order valence-electron chi connectivity index (χ2n) is 4.90. The quantitative estimate of drug-likeness (QED) is 0.660. The van der Waals surface area contributed by atoms with Gasteiger partial charge in [0, 0.05) is 24.5 Å². The van der Waals surface area contributed by atoms with Crippen molar-refractivity contribution < 1.29 is 18.0 Å². The van der Waals surface area contributed by atoms with E-state index in [0.717, 1.165) is 6.42 Å². The highest BCUT2D eigenvalue weighted by Gasteiger charge is 2.52. The van der Waals surface area contributed by atoms with Gasteiger partial charge in [-0.25, -0.2) is 8.42 Å². The van der Waals surface area contributed by atoms with Gasteiger partial charge >= 0.3 is 0 Å². The van der Waals surface area contributed by atoms with Gasteiger partial charge in [0.25, 0.3) is 0 Å². The molecular formula is C10H15NO4S. The number of hydrogen-bond donors (Lipinski definition) is 1. The SMILES string of the molecule is CS(=O)(=O)C1CCCC12CC(=O)NC(=O)C2. The molecule has 1 aliphatic carbocycles. The largest absolute Gasteiger partial charge is 0.296 e. The smallest absolute Gasteiger partial charge is 0.227 e. The molecular weight excluding hydrogens is 230 g/mol. The Kier molecular flexibility index (Phi) is 2.57. The number of rotatable bonds is 1. The van der Waals surface area contributed by atoms with E-state index in [2.05, 4.69) is 5.32 Å². The highest BCUT2D eigenvalue weighted by molar-refractivity contribution is 7.91. The van der Waals surface area contributed by atoms with Gasteiger partial charge in [0.1, 0.15) is 0 Å². The van der Waals surface area contributed by atoms with Crippen molar-refractivity contribution in [1.82, 2.24) is 5.32 Å². The number of imide groups is 1. The van der Waals surface area contributed by atoms with E-state index in [9.17, 15) is 18.0 Å². The summed E-state index contributed by atoms with van der Waals surface area (Å²) in [7, 11) is -3.19. The molecule has 90 valence electrons. The number of amides is 2. The molecule has 2 aliphatic rings. The summed E-state index contributed by atoms with van der Waals surface area (Å²) >= 11 is 0. The number of sulfone groups is 1. The standard InChI is InChI=1S/C10H15NO4S/c1-16(14,15)7-3-2-4-10(7)5-8(12)11-9(13)6-10/h7H,2-6H2,1H3,(H,11,12,13). The van der Waals surface area contributed by atoms with E-state index < -0.39 is 20.5 Å². The van der Waals surface area contributed by atoms with E-state index in [4.69, 9.17) is 0 Å². The van der Waals surface area contributed by atoms with Crippen LogP contribution in [0, 0.1) is 5.41 Å². The molecule has 0 aromatic rings. The van der Waals surface area contributed by atoms with Crippen molar-refractivity contribution in [3.8, 4) is 0 Å². The van der Waals surface area contributed by atoms with Crippen molar-refractivity contribution in [3.63, 3.8) is 0 Å². The summed E-state index contributed by atoms with van der Waals surface area (Å²) < 4.78 is 23.4. The fourth-order valence-electron chi connectivity index (χ4n) is 3.13. The molecule has 1 atom stereocenters. The first-order valence-corrected chi connectivity index (χ1v) is 7.30. The van der Waals surface area contributed by atoms with E-state index >= 15 is 0 Å². The highest BCUT2D eigenvalue weighted by atomic mass is 32.2. The van der Waals surface area contributed by atoms with Crippen molar-refractivity contribution in [1.29, 1.82) is 0 Å². The monoisotopic (exact) mass is 245 g/mol. The van der Waals surface area contributed by atoms with Crippen LogP contribution in [-0.2, 0) is 19.4 Å². The molecule has 1 N–H and O–H groups in total. The van der Waals surface area contributed by atoms with E-state index in [1.165, 1.54) is 6.26 Å². The fraction of sp³-hybridized carbons (Fsp3) is 0.800. The van der Waals surface area contributed by atoms with E-state index in [0.29, 0.717) is 12.8 Å². The zero-order chi connectivity index (χ0) is 12.0. The number of carbonyl (C=O) groups is 2. The van der Waals surface area contributed by atoms with Crippen molar-refractivity contribution in [2.24, 2.45) is 5.41 Å². The molecule has 0 radical (unpaired) electrons. The number of carbonyl (C=O) groups excluding carboxylic acids is 2. The summed E-state index contributed by atoms with van der Waals surface area (Å²) in [5.74, 6) is -0.682. The van der Waals surface area contributed by atoms with Crippen LogP contribution in [0.25, 0.3) is 0 Å². The summed E-state index contributed by atoms with van der Waals surface area (Å²) in [5, 5.41) is 1.70. The first-order chi connectivity index (χ1) is 7.33. The summed E-state index contributed by atoms with van der Waals surface area (Å²) in [6.45, 7) is 0. The van der Waals surface area contributed by atoms with Crippen molar-refractivity contribution in [2.45, 2.75) is 37.4 Å². The first-order valence-electron chi connectivity index (χ1n) is 5.35. The van der Waals surface area contributed by atoms with Crippen LogP contribution in [-0.4, -0.2) is 31.7 Å². The molecule has 1 spiro atoms. The number of piperidine rings is 1. The minimum atomic E-state index is -3.19. The molecule has 2 fully saturated rings. The average Bonchev–Trinajstić information content (AvgIpc) is 2.44. The minimum absolute atomic E-state index is 0.163. The van der Waals surface area contributed by atoms with E-state index in [1.807, 2.05) is 0 Å². The lowest BCUT2D eigenvalue weighted by molar-refractivity contribution is -0.137. The van der Waals surface area contributed by atoms with Crippen LogP contribution in [0.1, 0.15) is 32.1 Å². The predicted octanol–water partition coefficient (Wildman–Crippen LogP) is 0.00650. The van der Waals surface area contributed by atoms with Gasteiger partial charge in [-0.05, 0) is 12.8 Å². The first kappa shape index (κ1) is 11.6. The maximum absolute atomic E-state index is 11.7. The Bertz CT molecular complexity index is 424. The summed E-state index contributed by atoms with van der Waals surface area (Å²) in [6.07, 6.45) is 3.52. The third-order valence-corrected chi connectivity index (χ3v) is 5.41. The average molecular weight is 245 g/mol. The molecule has 2 amide bonds. The van der Waals surface area contributed by atoms with Crippen LogP contribution >= 0.6 is 0 Å². The third kappa shape index (κ3) is 1.86. The zero-order valence-corrected chi connectivity index (χ0v) is 9.97. The second-order valence-corrected chi connectivity index (χ2v) is 7.13. The van der Waals surface area contributed by atoms with Crippen LogP contribution in [0.2, 0.25) is 0 Å². The van der Waals surface area contributed by atoms with E-state index in [1.54, 1.807) is 0 Å². The van der Waals surface area contributed by atoms with Crippen LogP contribution in [0.15, 0.2) is 0 Å². The number of hydrogen-bond acceptors (Lipinski definition) is 4. The molecule has 0 aromatic carbocycles. The maximum atomic E-state index is 11.7. The van der Waals surface area contributed by atoms with Gasteiger partial charge in [-0.2, -0.15) is 0 Å². The summed E-state index contributed by atoms with van der Waals surface area (Å²) in [4.78, 5) is 22.8. The van der Waals surface area contributed by atoms with Gasteiger partial charge < -0.3 is 0 Å². The topological polar surface area (TPSA) is 80.3 Å². The normalized spacial score (nSPS) is 29.4. The molecule has 6 heteroatoms. The highest BCUT2D eigenvalue weighted by Crippen LogP contribution is 2.48. The molecule has 1 heterocycles.